The van der Waals surface area contributed by atoms with Crippen molar-refractivity contribution in [1.29, 1.82) is 0 Å². The minimum atomic E-state index is -0.260. The third kappa shape index (κ3) is 5.23. The fourth-order valence-corrected chi connectivity index (χ4v) is 6.02. The maximum Gasteiger partial charge on any atom is 0.237 e. The number of aromatic nitrogens is 3. The average molecular weight is 468 g/mol. The second kappa shape index (κ2) is 8.94. The number of para-hydroxylation sites is 1. The van der Waals surface area contributed by atoms with E-state index in [9.17, 15) is 4.79 Å². The number of fused-ring (bicyclic) bond motifs is 1. The van der Waals surface area contributed by atoms with E-state index in [1.807, 2.05) is 49.4 Å². The van der Waals surface area contributed by atoms with Crippen molar-refractivity contribution in [3.05, 3.63) is 59.1 Å². The second-order valence-electron chi connectivity index (χ2n) is 7.49. The first-order valence-electron chi connectivity index (χ1n) is 10.1. The predicted molar refractivity (Wildman–Crippen MR) is 129 cm³/mol. The molecule has 2 aromatic heterocycles. The van der Waals surface area contributed by atoms with Gasteiger partial charge in [-0.1, -0.05) is 47.4 Å². The maximum atomic E-state index is 12.6. The molecule has 2 N–H and O–H groups in total. The summed E-state index contributed by atoms with van der Waals surface area (Å²) in [6, 6.07) is 16.7. The van der Waals surface area contributed by atoms with E-state index in [0.717, 1.165) is 32.1 Å². The van der Waals surface area contributed by atoms with Crippen LogP contribution in [-0.2, 0) is 11.2 Å². The van der Waals surface area contributed by atoms with Crippen LogP contribution in [0.5, 0.6) is 0 Å². The lowest BCUT2D eigenvalue weighted by molar-refractivity contribution is -0.115. The number of hydrogen-bond donors (Lipinski definition) is 2. The molecule has 1 aliphatic rings. The van der Waals surface area contributed by atoms with Gasteiger partial charge in [0.25, 0.3) is 0 Å². The van der Waals surface area contributed by atoms with E-state index in [4.69, 9.17) is 4.98 Å². The van der Waals surface area contributed by atoms with Crippen molar-refractivity contribution in [2.45, 2.75) is 41.8 Å². The van der Waals surface area contributed by atoms with Gasteiger partial charge in [0.15, 0.2) is 4.34 Å². The number of amides is 1. The summed E-state index contributed by atoms with van der Waals surface area (Å²) in [7, 11) is 0. The van der Waals surface area contributed by atoms with Gasteiger partial charge >= 0.3 is 0 Å². The zero-order chi connectivity index (χ0) is 21.2. The number of nitrogens with one attached hydrogen (secondary N) is 2. The number of nitrogens with zero attached hydrogens (tertiary/aromatic N) is 3. The summed E-state index contributed by atoms with van der Waals surface area (Å²) in [5, 5.41) is 16.3. The minimum absolute atomic E-state index is 0.0455. The van der Waals surface area contributed by atoms with E-state index >= 15 is 0 Å². The fourth-order valence-electron chi connectivity index (χ4n) is 3.04. The zero-order valence-electron chi connectivity index (χ0n) is 16.9. The molecule has 1 aliphatic carbocycles. The highest BCUT2D eigenvalue weighted by Crippen LogP contribution is 2.32. The number of thiazole rings is 1. The molecule has 1 atom stereocenters. The lowest BCUT2D eigenvalue weighted by Crippen LogP contribution is -2.22. The Morgan fingerprint density at radius 1 is 1.13 bits per heavy atom. The van der Waals surface area contributed by atoms with Crippen molar-refractivity contribution >= 4 is 61.4 Å². The standard InChI is InChI=1S/C22H21N5OS3/c1-13(29-22-27-26-21(31-22)24-16-10-11-16)20(28)23-15-8-6-14(7-9-15)12-19-25-17-4-2-3-5-18(17)30-19/h2-9,13,16H,10-12H2,1H3,(H,23,28)(H,24,26). The van der Waals surface area contributed by atoms with Crippen molar-refractivity contribution in [3.63, 3.8) is 0 Å². The molecular weight excluding hydrogens is 446 g/mol. The summed E-state index contributed by atoms with van der Waals surface area (Å²) in [6.45, 7) is 1.89. The van der Waals surface area contributed by atoms with Gasteiger partial charge in [-0.3, -0.25) is 4.79 Å². The van der Waals surface area contributed by atoms with Crippen molar-refractivity contribution in [2.24, 2.45) is 0 Å². The van der Waals surface area contributed by atoms with Gasteiger partial charge in [-0.05, 0) is 49.6 Å². The van der Waals surface area contributed by atoms with E-state index in [2.05, 4.69) is 26.9 Å². The highest BCUT2D eigenvalue weighted by atomic mass is 32.2. The van der Waals surface area contributed by atoms with Gasteiger partial charge in [0, 0.05) is 18.2 Å². The molecule has 0 aliphatic heterocycles. The first-order valence-corrected chi connectivity index (χ1v) is 12.6. The molecule has 2 aromatic carbocycles. The summed E-state index contributed by atoms with van der Waals surface area (Å²) in [6.07, 6.45) is 3.18. The van der Waals surface area contributed by atoms with Crippen molar-refractivity contribution < 1.29 is 4.79 Å². The van der Waals surface area contributed by atoms with Crippen LogP contribution >= 0.6 is 34.4 Å². The molecule has 1 unspecified atom stereocenters. The Hall–Kier alpha value is -2.49. The van der Waals surface area contributed by atoms with E-state index in [0.29, 0.717) is 6.04 Å². The summed E-state index contributed by atoms with van der Waals surface area (Å²) in [5.74, 6) is -0.0455. The molecule has 0 saturated heterocycles. The van der Waals surface area contributed by atoms with Crippen LogP contribution in [0.1, 0.15) is 30.3 Å². The monoisotopic (exact) mass is 467 g/mol. The van der Waals surface area contributed by atoms with Crippen LogP contribution in [0.2, 0.25) is 0 Å². The molecule has 5 rings (SSSR count). The van der Waals surface area contributed by atoms with Crippen LogP contribution in [0.15, 0.2) is 52.9 Å². The van der Waals surface area contributed by atoms with E-state index in [1.54, 1.807) is 11.3 Å². The molecule has 1 amide bonds. The molecule has 31 heavy (non-hydrogen) atoms. The Bertz CT molecular complexity index is 1170. The Balaban J connectivity index is 1.15. The highest BCUT2D eigenvalue weighted by molar-refractivity contribution is 8.02. The number of benzene rings is 2. The number of hydrogen-bond acceptors (Lipinski definition) is 8. The zero-order valence-corrected chi connectivity index (χ0v) is 19.3. The van der Waals surface area contributed by atoms with Gasteiger partial charge in [-0.2, -0.15) is 0 Å². The van der Waals surface area contributed by atoms with Crippen molar-refractivity contribution in [1.82, 2.24) is 15.2 Å². The number of carbonyl (C=O) groups excluding carboxylic acids is 1. The van der Waals surface area contributed by atoms with E-state index < -0.39 is 0 Å². The lowest BCUT2D eigenvalue weighted by Gasteiger charge is -2.10. The normalized spacial score (nSPS) is 14.5. The maximum absolute atomic E-state index is 12.6. The summed E-state index contributed by atoms with van der Waals surface area (Å²) in [4.78, 5) is 17.3. The van der Waals surface area contributed by atoms with Crippen LogP contribution in [0.3, 0.4) is 0 Å². The predicted octanol–water partition coefficient (Wildman–Crippen LogP) is 5.43. The van der Waals surface area contributed by atoms with Gasteiger partial charge in [0.1, 0.15) is 0 Å². The van der Waals surface area contributed by atoms with Crippen molar-refractivity contribution in [3.8, 4) is 0 Å². The number of carbonyl (C=O) groups is 1. The molecule has 4 aromatic rings. The van der Waals surface area contributed by atoms with Gasteiger partial charge in [-0.25, -0.2) is 4.98 Å². The molecule has 9 heteroatoms. The molecule has 1 fully saturated rings. The number of rotatable bonds is 8. The fraction of sp³-hybridized carbons (Fsp3) is 0.273. The SMILES string of the molecule is CC(Sc1nnc(NC2CC2)s1)C(=O)Nc1ccc(Cc2nc3ccccc3s2)cc1. The number of thioether (sulfide) groups is 1. The topological polar surface area (TPSA) is 79.8 Å². The summed E-state index contributed by atoms with van der Waals surface area (Å²) >= 11 is 4.66. The van der Waals surface area contributed by atoms with Gasteiger partial charge in [0.2, 0.25) is 11.0 Å². The van der Waals surface area contributed by atoms with E-state index in [-0.39, 0.29) is 11.2 Å². The molecule has 6 nitrogen and oxygen atoms in total. The Morgan fingerprint density at radius 2 is 1.94 bits per heavy atom. The third-order valence-electron chi connectivity index (χ3n) is 4.87. The smallest absolute Gasteiger partial charge is 0.237 e. The van der Waals surface area contributed by atoms with E-state index in [1.165, 1.54) is 46.2 Å². The Labute approximate surface area is 192 Å². The number of anilines is 2. The summed E-state index contributed by atoms with van der Waals surface area (Å²) < 4.78 is 2.01. The molecule has 2 heterocycles. The van der Waals surface area contributed by atoms with Gasteiger partial charge in [0.05, 0.1) is 20.5 Å². The molecule has 0 spiro atoms. The van der Waals surface area contributed by atoms with Crippen LogP contribution < -0.4 is 10.6 Å². The quantitative estimate of drug-likeness (QED) is 0.336. The van der Waals surface area contributed by atoms with Crippen LogP contribution in [-0.4, -0.2) is 32.4 Å². The molecule has 0 radical (unpaired) electrons. The second-order valence-corrected chi connectivity index (χ2v) is 11.2. The van der Waals surface area contributed by atoms with Gasteiger partial charge < -0.3 is 10.6 Å². The molecular formula is C22H21N5OS3. The lowest BCUT2D eigenvalue weighted by atomic mass is 10.1. The van der Waals surface area contributed by atoms with Gasteiger partial charge in [-0.15, -0.1) is 21.5 Å². The summed E-state index contributed by atoms with van der Waals surface area (Å²) in [5.41, 5.74) is 3.01. The third-order valence-corrected chi connectivity index (χ3v) is 7.95. The van der Waals surface area contributed by atoms with Crippen molar-refractivity contribution in [2.75, 3.05) is 10.6 Å². The Morgan fingerprint density at radius 3 is 2.71 bits per heavy atom. The molecule has 1 saturated carbocycles. The van der Waals surface area contributed by atoms with Crippen LogP contribution in [0.25, 0.3) is 10.2 Å². The van der Waals surface area contributed by atoms with Crippen LogP contribution in [0.4, 0.5) is 10.8 Å². The molecule has 0 bridgehead atoms. The largest absolute Gasteiger partial charge is 0.357 e. The minimum Gasteiger partial charge on any atom is -0.357 e. The first-order chi connectivity index (χ1) is 15.1. The molecule has 158 valence electrons. The highest BCUT2D eigenvalue weighted by Gasteiger charge is 2.23. The van der Waals surface area contributed by atoms with Crippen LogP contribution in [0, 0.1) is 0 Å². The Kier molecular flexibility index (Phi) is 5.89. The first kappa shape index (κ1) is 20.4. The average Bonchev–Trinajstić information content (AvgIpc) is 3.31.